The van der Waals surface area contributed by atoms with Crippen molar-refractivity contribution < 1.29 is 11.0 Å². The fourth-order valence-electron chi connectivity index (χ4n) is 0.212. The van der Waals surface area contributed by atoms with Crippen LogP contribution in [0.2, 0.25) is 0 Å². The van der Waals surface area contributed by atoms with Gasteiger partial charge in [0.2, 0.25) is 0 Å². The van der Waals surface area contributed by atoms with Crippen molar-refractivity contribution >= 4 is 0 Å². The van der Waals surface area contributed by atoms with Crippen LogP contribution in [0, 0.1) is 0 Å². The average molecular weight is 223 g/mol. The quantitative estimate of drug-likeness (QED) is 0.214. The van der Waals surface area contributed by atoms with Crippen LogP contribution in [-0.4, -0.2) is 0 Å². The third-order valence-corrected chi connectivity index (χ3v) is 2.08. The maximum absolute atomic E-state index is 8.03. The van der Waals surface area contributed by atoms with Crippen LogP contribution in [-0.2, 0) is 11.0 Å². The molecule has 0 aromatic rings. The van der Waals surface area contributed by atoms with E-state index in [2.05, 4.69) is 18.1 Å². The van der Waals surface area contributed by atoms with Crippen molar-refractivity contribution in [3.63, 3.8) is 0 Å². The van der Waals surface area contributed by atoms with E-state index in [-0.39, 0.29) is 0 Å². The molecule has 74 valence electrons. The fourth-order valence-corrected chi connectivity index (χ4v) is 0.875. The van der Waals surface area contributed by atoms with E-state index in [9.17, 15) is 0 Å². The molecule has 0 aliphatic carbocycles. The Kier molecular flexibility index (Phi) is 1.26. The van der Waals surface area contributed by atoms with Gasteiger partial charge in [-0.3, -0.25) is 0 Å². The molecule has 0 aliphatic heterocycles. The Morgan fingerprint density at radius 2 is 1.08 bits per heavy atom. The van der Waals surface area contributed by atoms with Gasteiger partial charge in [0.05, 0.1) is 0 Å². The molecule has 12 heteroatoms. The summed E-state index contributed by atoms with van der Waals surface area (Å²) in [5, 5.41) is 0. The number of azide groups is 1. The summed E-state index contributed by atoms with van der Waals surface area (Å²) < 4.78 is 5.25. The molecule has 0 aliphatic rings. The molecule has 0 saturated carbocycles. The normalized spacial score (nSPS) is 19.9. The molecule has 0 rings (SSSR count). The first-order valence-electron chi connectivity index (χ1n) is 2.06. The molecular formula is H10CoN11. The summed E-state index contributed by atoms with van der Waals surface area (Å²) in [4.78, 5) is 29.6. The Morgan fingerprint density at radius 1 is 0.833 bits per heavy atom. The molecular weight excluding hydrogens is 213 g/mol. The molecule has 11 nitrogen and oxygen atoms in total. The Hall–Kier alpha value is -1.07. The molecule has 0 unspecified atom stereocenters. The van der Waals surface area contributed by atoms with Crippen molar-refractivity contribution in [2.45, 2.75) is 0 Å². The summed E-state index contributed by atoms with van der Waals surface area (Å²) in [6, 6.07) is 0. The second-order valence-corrected chi connectivity index (χ2v) is 9.13. The van der Waals surface area contributed by atoms with E-state index in [1.54, 1.807) is 0 Å². The molecule has 10 N–H and O–H groups in total. The average Bonchev–Trinajstić information content (AvgIpc) is 1.57. The van der Waals surface area contributed by atoms with E-state index in [1.807, 2.05) is 0 Å². The van der Waals surface area contributed by atoms with Crippen LogP contribution in [0.25, 0.3) is 20.9 Å². The molecule has 0 bridgehead atoms. The number of rotatable bonds is 2. The van der Waals surface area contributed by atoms with Crippen LogP contribution >= 0.6 is 0 Å². The third-order valence-electron chi connectivity index (χ3n) is 0.504. The summed E-state index contributed by atoms with van der Waals surface area (Å²) in [7, 11) is -6.48. The van der Waals surface area contributed by atoms with Crippen molar-refractivity contribution in [3.05, 3.63) is 20.9 Å². The summed E-state index contributed by atoms with van der Waals surface area (Å²) in [6.07, 6.45) is 0. The van der Waals surface area contributed by atoms with Crippen LogP contribution in [0.15, 0.2) is 8.33 Å². The first-order chi connectivity index (χ1) is 4.84. The Bertz CT molecular complexity index is 288. The Labute approximate surface area is 64.9 Å². The van der Waals surface area contributed by atoms with Crippen LogP contribution < -0.4 is 23.9 Å². The summed E-state index contributed by atoms with van der Waals surface area (Å²) >= 11 is 0. The van der Waals surface area contributed by atoms with Gasteiger partial charge in [-0.2, -0.15) is 0 Å². The Morgan fingerprint density at radius 3 is 1.25 bits per heavy atom. The minimum absolute atomic E-state index is 2.14. The SMILES string of the molecule is [N-]=[N+]=[N][Co]([NH2])([NH2])([NH2])([NH2])([NH2])[N]=[N+]=[N-]. The van der Waals surface area contributed by atoms with E-state index in [1.165, 1.54) is 0 Å². The van der Waals surface area contributed by atoms with Crippen LogP contribution in [0.1, 0.15) is 0 Å². The van der Waals surface area contributed by atoms with Crippen molar-refractivity contribution in [3.8, 4) is 0 Å². The second kappa shape index (κ2) is 1.38. The predicted octanol–water partition coefficient (Wildman–Crippen LogP) is -1.43. The molecule has 0 saturated heterocycles. The van der Waals surface area contributed by atoms with Gasteiger partial charge in [0.1, 0.15) is 0 Å². The van der Waals surface area contributed by atoms with Crippen molar-refractivity contribution in [2.75, 3.05) is 0 Å². The molecule has 0 heterocycles. The molecule has 0 amide bonds. The van der Waals surface area contributed by atoms with Gasteiger partial charge in [-0.25, -0.2) is 0 Å². The van der Waals surface area contributed by atoms with Gasteiger partial charge in [-0.1, -0.05) is 0 Å². The van der Waals surface area contributed by atoms with Gasteiger partial charge >= 0.3 is 64.1 Å². The molecule has 0 spiro atoms. The van der Waals surface area contributed by atoms with Gasteiger partial charge in [0, 0.05) is 0 Å². The van der Waals surface area contributed by atoms with E-state index in [0.29, 0.717) is 0 Å². The number of hydrogen-bond acceptors (Lipinski definition) is 7. The minimum atomic E-state index is -6.48. The second-order valence-electron chi connectivity index (χ2n) is 2.35. The standard InChI is InChI=1S/Co.2N3.5H2N/c;2*1-3-2;;;;;/h;;;5*1H2/q+7;7*-1. The summed E-state index contributed by atoms with van der Waals surface area (Å²) in [6.45, 7) is 0. The maximum atomic E-state index is 8.03. The van der Waals surface area contributed by atoms with Crippen molar-refractivity contribution in [2.24, 2.45) is 32.2 Å². The van der Waals surface area contributed by atoms with Gasteiger partial charge in [0.15, 0.2) is 0 Å². The number of nitrogens with two attached hydrogens (primary N) is 5. The van der Waals surface area contributed by atoms with Gasteiger partial charge < -0.3 is 0 Å². The Balaban J connectivity index is 6.15. The van der Waals surface area contributed by atoms with E-state index in [0.717, 1.165) is 0 Å². The molecule has 0 aromatic heterocycles. The van der Waals surface area contributed by atoms with Gasteiger partial charge in [0.25, 0.3) is 0 Å². The van der Waals surface area contributed by atoms with E-state index >= 15 is 0 Å². The van der Waals surface area contributed by atoms with Gasteiger partial charge in [-0.05, 0) is 0 Å². The summed E-state index contributed by atoms with van der Waals surface area (Å²) in [5.74, 6) is 0. The zero-order chi connectivity index (χ0) is 10.2. The van der Waals surface area contributed by atoms with E-state index in [4.69, 9.17) is 35.0 Å². The molecule has 0 atom stereocenters. The first-order valence-corrected chi connectivity index (χ1v) is 6.00. The van der Waals surface area contributed by atoms with Crippen molar-refractivity contribution in [1.82, 2.24) is 0 Å². The molecule has 0 aromatic carbocycles. The number of hydrogen-bond donors (Lipinski definition) is 5. The topological polar surface area (TPSA) is 228 Å². The molecule has 0 fully saturated rings. The van der Waals surface area contributed by atoms with Crippen LogP contribution in [0.5, 0.6) is 0 Å². The van der Waals surface area contributed by atoms with E-state index < -0.39 is 11.0 Å². The first kappa shape index (κ1) is 10.9. The molecule has 12 heavy (non-hydrogen) atoms. The van der Waals surface area contributed by atoms with Crippen molar-refractivity contribution in [1.29, 1.82) is 0 Å². The zero-order valence-corrected chi connectivity index (χ0v) is 6.94. The monoisotopic (exact) mass is 223 g/mol. The fraction of sp³-hybridized carbons (Fsp3) is 0. The molecule has 0 radical (unpaired) electrons. The predicted molar refractivity (Wildman–Crippen MR) is 39.2 cm³/mol. The van der Waals surface area contributed by atoms with Crippen LogP contribution in [0.4, 0.5) is 0 Å². The zero-order valence-electron chi connectivity index (χ0n) is 5.90. The third kappa shape index (κ3) is 3.36. The van der Waals surface area contributed by atoms with Gasteiger partial charge in [-0.15, -0.1) is 0 Å². The van der Waals surface area contributed by atoms with Crippen LogP contribution in [0.3, 0.4) is 0 Å². The summed E-state index contributed by atoms with van der Waals surface area (Å²) in [5.41, 5.74) is 16.1. The number of nitrogens with zero attached hydrogens (tertiary/aromatic N) is 6.